The van der Waals surface area contributed by atoms with Crippen LogP contribution in [-0.2, 0) is 27.0 Å². The molecule has 7 nitrogen and oxygen atoms in total. The predicted molar refractivity (Wildman–Crippen MR) is 143 cm³/mol. The number of likely N-dealkylation sites (tertiary alicyclic amines) is 1. The summed E-state index contributed by atoms with van der Waals surface area (Å²) in [4.78, 5) is 28.4. The monoisotopic (exact) mass is 562 g/mol. The molecule has 2 saturated heterocycles. The van der Waals surface area contributed by atoms with E-state index in [0.717, 1.165) is 17.7 Å². The van der Waals surface area contributed by atoms with E-state index in [2.05, 4.69) is 5.32 Å². The number of aliphatic carboxylic acids is 1. The van der Waals surface area contributed by atoms with E-state index in [-0.39, 0.29) is 29.7 Å². The summed E-state index contributed by atoms with van der Waals surface area (Å²) in [6, 6.07) is 9.94. The fourth-order valence-corrected chi connectivity index (χ4v) is 6.21. The number of nitrogens with zero attached hydrogens (tertiary/aromatic N) is 1. The minimum atomic E-state index is -4.54. The third-order valence-corrected chi connectivity index (χ3v) is 8.08. The lowest BCUT2D eigenvalue weighted by Gasteiger charge is -2.35. The molecule has 0 aliphatic carbocycles. The van der Waals surface area contributed by atoms with Gasteiger partial charge in [-0.15, -0.1) is 0 Å². The van der Waals surface area contributed by atoms with Crippen molar-refractivity contribution in [3.05, 3.63) is 65.2 Å². The molecule has 2 fully saturated rings. The smallest absolute Gasteiger partial charge is 0.416 e. The van der Waals surface area contributed by atoms with E-state index in [9.17, 15) is 27.9 Å². The average Bonchev–Trinajstić information content (AvgIpc) is 3.48. The maximum absolute atomic E-state index is 14.1. The average molecular weight is 563 g/mol. The van der Waals surface area contributed by atoms with Crippen LogP contribution in [0.5, 0.6) is 5.75 Å². The van der Waals surface area contributed by atoms with Crippen molar-refractivity contribution in [1.29, 1.82) is 0 Å². The zero-order chi connectivity index (χ0) is 29.4. The van der Waals surface area contributed by atoms with Crippen molar-refractivity contribution in [2.45, 2.75) is 71.1 Å². The Bertz CT molecular complexity index is 1210. The van der Waals surface area contributed by atoms with Crippen LogP contribution in [0.2, 0.25) is 0 Å². The van der Waals surface area contributed by atoms with Gasteiger partial charge in [-0.2, -0.15) is 13.2 Å². The first-order chi connectivity index (χ1) is 18.8. The highest BCUT2D eigenvalue weighted by molar-refractivity contribution is 5.88. The molecule has 2 heterocycles. The number of hydrogen-bond acceptors (Lipinski definition) is 5. The molecule has 1 amide bonds. The van der Waals surface area contributed by atoms with Crippen molar-refractivity contribution in [3.63, 3.8) is 0 Å². The van der Waals surface area contributed by atoms with E-state index < -0.39 is 53.3 Å². The summed E-state index contributed by atoms with van der Waals surface area (Å²) in [5.74, 6) is -1.92. The number of alkyl halides is 3. The molecule has 0 saturated carbocycles. The fourth-order valence-electron chi connectivity index (χ4n) is 6.21. The molecule has 2 N–H and O–H groups in total. The number of halogens is 3. The van der Waals surface area contributed by atoms with Gasteiger partial charge < -0.3 is 24.8 Å². The molecule has 2 aliphatic heterocycles. The summed E-state index contributed by atoms with van der Waals surface area (Å²) in [5, 5.41) is 13.9. The summed E-state index contributed by atoms with van der Waals surface area (Å²) in [7, 11) is 1.38. The topological polar surface area (TPSA) is 88.1 Å². The molecule has 10 heteroatoms. The van der Waals surface area contributed by atoms with Gasteiger partial charge in [0.15, 0.2) is 0 Å². The van der Waals surface area contributed by atoms with Crippen LogP contribution in [0.4, 0.5) is 13.2 Å². The summed E-state index contributed by atoms with van der Waals surface area (Å²) in [6.07, 6.45) is -4.61. The fraction of sp³-hybridized carbons (Fsp3) is 0.533. The lowest BCUT2D eigenvalue weighted by atomic mass is 9.72. The number of carboxylic acid groups (broad SMARTS) is 1. The van der Waals surface area contributed by atoms with Gasteiger partial charge >= 0.3 is 12.1 Å². The molecule has 2 unspecified atom stereocenters. The van der Waals surface area contributed by atoms with Crippen LogP contribution < -0.4 is 10.1 Å². The molecule has 2 aromatic rings. The maximum atomic E-state index is 14.1. The normalized spacial score (nSPS) is 27.1. The van der Waals surface area contributed by atoms with E-state index in [1.807, 2.05) is 58.0 Å². The van der Waals surface area contributed by atoms with E-state index in [1.54, 1.807) is 0 Å². The summed E-state index contributed by atoms with van der Waals surface area (Å²) < 4.78 is 51.7. The summed E-state index contributed by atoms with van der Waals surface area (Å²) in [5.41, 5.74) is -0.395. The molecule has 40 heavy (non-hydrogen) atoms. The second-order valence-corrected chi connectivity index (χ2v) is 11.8. The van der Waals surface area contributed by atoms with Gasteiger partial charge in [0.25, 0.3) is 5.91 Å². The van der Waals surface area contributed by atoms with Gasteiger partial charge in [-0.1, -0.05) is 58.0 Å². The summed E-state index contributed by atoms with van der Waals surface area (Å²) >= 11 is 0. The first kappa shape index (κ1) is 29.9. The Balaban J connectivity index is 1.82. The molecule has 218 valence electrons. The van der Waals surface area contributed by atoms with E-state index in [1.165, 1.54) is 18.1 Å². The van der Waals surface area contributed by atoms with Crippen LogP contribution in [0.15, 0.2) is 48.5 Å². The van der Waals surface area contributed by atoms with Crippen molar-refractivity contribution < 1.29 is 37.3 Å². The van der Waals surface area contributed by atoms with E-state index in [4.69, 9.17) is 9.47 Å². The van der Waals surface area contributed by atoms with Crippen LogP contribution >= 0.6 is 0 Å². The van der Waals surface area contributed by atoms with Crippen molar-refractivity contribution in [2.24, 2.45) is 17.3 Å². The number of nitrogens with one attached hydrogen (secondary N) is 1. The van der Waals surface area contributed by atoms with Crippen LogP contribution in [0.25, 0.3) is 0 Å². The molecule has 0 bridgehead atoms. The number of carbonyl (C=O) groups excluding carboxylic acids is 1. The Kier molecular flexibility index (Phi) is 8.52. The lowest BCUT2D eigenvalue weighted by molar-refractivity contribution is -0.157. The lowest BCUT2D eigenvalue weighted by Crippen LogP contribution is -2.51. The van der Waals surface area contributed by atoms with Crippen LogP contribution in [0.1, 0.15) is 56.8 Å². The minimum Gasteiger partial charge on any atom is -0.496 e. The minimum absolute atomic E-state index is 0.0294. The first-order valence-electron chi connectivity index (χ1n) is 13.4. The van der Waals surface area contributed by atoms with Gasteiger partial charge in [0, 0.05) is 30.7 Å². The predicted octanol–water partition coefficient (Wildman–Crippen LogP) is 5.30. The van der Waals surface area contributed by atoms with Gasteiger partial charge in [0.05, 0.1) is 18.7 Å². The van der Waals surface area contributed by atoms with Crippen molar-refractivity contribution in [1.82, 2.24) is 10.2 Å². The molecule has 2 aromatic carbocycles. The Morgan fingerprint density at radius 2 is 1.80 bits per heavy atom. The number of rotatable bonds is 7. The Hall–Kier alpha value is -3.11. The van der Waals surface area contributed by atoms with Gasteiger partial charge in [0.1, 0.15) is 17.9 Å². The van der Waals surface area contributed by atoms with Crippen molar-refractivity contribution in [3.8, 4) is 5.75 Å². The van der Waals surface area contributed by atoms with Gasteiger partial charge in [0.2, 0.25) is 0 Å². The highest BCUT2D eigenvalue weighted by Gasteiger charge is 2.59. The Labute approximate surface area is 232 Å². The number of amides is 1. The van der Waals surface area contributed by atoms with Gasteiger partial charge in [-0.25, -0.2) is 4.79 Å². The molecule has 6 atom stereocenters. The third kappa shape index (κ3) is 5.83. The zero-order valence-electron chi connectivity index (χ0n) is 23.4. The largest absolute Gasteiger partial charge is 0.496 e. The third-order valence-electron chi connectivity index (χ3n) is 8.08. The van der Waals surface area contributed by atoms with Gasteiger partial charge in [-0.3, -0.25) is 4.79 Å². The standard InChI is InChI=1S/C30H37F3N2O5/c1-17-13-14-40-26(17)27(36)35-24(18-9-7-6-8-10-18)23(22(29(2,3)4)25(35)28(37)38)34-16-19-15-20(30(31,32)33)11-12-21(19)39-5/h6-12,15,17,22-26,34H,13-14,16H2,1-5H3,(H,37,38)/t17?,22-,23-,24-,25-,26?/m0/s1. The van der Waals surface area contributed by atoms with Crippen LogP contribution in [0, 0.1) is 17.3 Å². The van der Waals surface area contributed by atoms with Crippen molar-refractivity contribution in [2.75, 3.05) is 13.7 Å². The van der Waals surface area contributed by atoms with E-state index >= 15 is 0 Å². The maximum Gasteiger partial charge on any atom is 0.416 e. The second kappa shape index (κ2) is 11.4. The molecule has 2 aliphatic rings. The number of carbonyl (C=O) groups is 2. The van der Waals surface area contributed by atoms with E-state index in [0.29, 0.717) is 13.0 Å². The van der Waals surface area contributed by atoms with Crippen LogP contribution in [-0.4, -0.2) is 53.8 Å². The Morgan fingerprint density at radius 1 is 1.12 bits per heavy atom. The molecule has 0 aromatic heterocycles. The van der Waals surface area contributed by atoms with Crippen LogP contribution in [0.3, 0.4) is 0 Å². The van der Waals surface area contributed by atoms with Gasteiger partial charge in [-0.05, 0) is 41.5 Å². The molecular formula is C30H37F3N2O5. The first-order valence-corrected chi connectivity index (χ1v) is 13.4. The highest BCUT2D eigenvalue weighted by atomic mass is 19.4. The summed E-state index contributed by atoms with van der Waals surface area (Å²) in [6.45, 7) is 8.04. The number of carboxylic acids is 1. The zero-order valence-corrected chi connectivity index (χ0v) is 23.4. The molecule has 4 rings (SSSR count). The SMILES string of the molecule is COc1ccc(C(F)(F)F)cc1CN[C@H]1[C@H](C(C)(C)C)[C@@H](C(=O)O)N(C(=O)C2OCCC2C)[C@H]1c1ccccc1. The molecular weight excluding hydrogens is 525 g/mol. The molecule has 0 spiro atoms. The molecule has 0 radical (unpaired) electrons. The Morgan fingerprint density at radius 3 is 2.33 bits per heavy atom. The number of hydrogen-bond donors (Lipinski definition) is 2. The van der Waals surface area contributed by atoms with Crippen molar-refractivity contribution >= 4 is 11.9 Å². The highest BCUT2D eigenvalue weighted by Crippen LogP contribution is 2.49. The second-order valence-electron chi connectivity index (χ2n) is 11.8. The number of methoxy groups -OCH3 is 1. The number of ether oxygens (including phenoxy) is 2. The number of benzene rings is 2. The quantitative estimate of drug-likeness (QED) is 0.477.